The van der Waals surface area contributed by atoms with Crippen molar-refractivity contribution in [3.8, 4) is 5.69 Å². The molecule has 4 rings (SSSR count). The Morgan fingerprint density at radius 2 is 2.08 bits per heavy atom. The zero-order valence-corrected chi connectivity index (χ0v) is 14.3. The summed E-state index contributed by atoms with van der Waals surface area (Å²) in [5.74, 6) is 0.315. The fraction of sp³-hybridized carbons (Fsp3) is 0.111. The molecule has 2 aromatic carbocycles. The van der Waals surface area contributed by atoms with E-state index in [1.807, 2.05) is 55.5 Å². The van der Waals surface area contributed by atoms with Crippen molar-refractivity contribution in [3.63, 3.8) is 0 Å². The van der Waals surface area contributed by atoms with Gasteiger partial charge < -0.3 is 4.98 Å². The van der Waals surface area contributed by atoms with Crippen LogP contribution in [0.15, 0.2) is 59.9 Å². The molecule has 0 aliphatic carbocycles. The van der Waals surface area contributed by atoms with Crippen LogP contribution < -0.4 is 0 Å². The lowest BCUT2D eigenvalue weighted by Gasteiger charge is -2.04. The molecule has 6 nitrogen and oxygen atoms in total. The van der Waals surface area contributed by atoms with Crippen LogP contribution in [0.5, 0.6) is 0 Å². The van der Waals surface area contributed by atoms with Crippen molar-refractivity contribution in [2.45, 2.75) is 12.1 Å². The van der Waals surface area contributed by atoms with Gasteiger partial charge in [-0.05, 0) is 41.1 Å². The number of fused-ring (bicyclic) bond motifs is 1. The van der Waals surface area contributed by atoms with Gasteiger partial charge in [0.15, 0.2) is 5.78 Å². The first-order valence-corrected chi connectivity index (χ1v) is 8.78. The van der Waals surface area contributed by atoms with Crippen LogP contribution in [0.2, 0.25) is 0 Å². The molecule has 4 aromatic rings. The Morgan fingerprint density at radius 3 is 2.96 bits per heavy atom. The van der Waals surface area contributed by atoms with E-state index in [-0.39, 0.29) is 11.5 Å². The Balaban J connectivity index is 1.54. The van der Waals surface area contributed by atoms with E-state index in [2.05, 4.69) is 20.5 Å². The minimum absolute atomic E-state index is 0.0428. The fourth-order valence-corrected chi connectivity index (χ4v) is 3.47. The molecular weight excluding hydrogens is 334 g/mol. The average molecular weight is 349 g/mol. The number of H-pyrrole nitrogens is 1. The number of ketones is 1. The highest BCUT2D eigenvalue weighted by atomic mass is 32.2. The fourth-order valence-electron chi connectivity index (χ4n) is 2.70. The minimum Gasteiger partial charge on any atom is -0.360 e. The maximum atomic E-state index is 12.6. The number of Topliss-reactive ketones (excluding diaryl/α,β-unsaturated/α-hetero) is 1. The van der Waals surface area contributed by atoms with Crippen molar-refractivity contribution in [3.05, 3.63) is 65.9 Å². The predicted molar refractivity (Wildman–Crippen MR) is 97.2 cm³/mol. The second-order valence-corrected chi connectivity index (χ2v) is 6.61. The third-order valence-corrected chi connectivity index (χ3v) is 4.83. The highest BCUT2D eigenvalue weighted by Crippen LogP contribution is 2.23. The lowest BCUT2D eigenvalue weighted by molar-refractivity contribution is 0.102. The molecule has 0 aliphatic rings. The summed E-state index contributed by atoms with van der Waals surface area (Å²) in [5, 5.41) is 13.4. The van der Waals surface area contributed by atoms with Gasteiger partial charge in [-0.1, -0.05) is 42.1 Å². The predicted octanol–water partition coefficient (Wildman–Crippen LogP) is 3.43. The summed E-state index contributed by atoms with van der Waals surface area (Å²) in [4.78, 5) is 15.7. The van der Waals surface area contributed by atoms with Gasteiger partial charge in [0.25, 0.3) is 0 Å². The molecule has 2 aromatic heterocycles. The van der Waals surface area contributed by atoms with Gasteiger partial charge in [-0.3, -0.25) is 4.79 Å². The van der Waals surface area contributed by atoms with E-state index >= 15 is 0 Å². The van der Waals surface area contributed by atoms with Gasteiger partial charge >= 0.3 is 0 Å². The molecule has 7 heteroatoms. The van der Waals surface area contributed by atoms with Crippen LogP contribution in [0.4, 0.5) is 0 Å². The minimum atomic E-state index is 0.0428. The number of hydrogen-bond acceptors (Lipinski definition) is 5. The summed E-state index contributed by atoms with van der Waals surface area (Å²) in [7, 11) is 0. The highest BCUT2D eigenvalue weighted by Gasteiger charge is 2.15. The topological polar surface area (TPSA) is 76.5 Å². The number of hydrogen-bond donors (Lipinski definition) is 1. The Bertz CT molecular complexity index is 1050. The Kier molecular flexibility index (Phi) is 4.07. The molecule has 2 heterocycles. The van der Waals surface area contributed by atoms with Gasteiger partial charge in [-0.25, -0.2) is 0 Å². The van der Waals surface area contributed by atoms with Gasteiger partial charge in [-0.2, -0.15) is 4.68 Å². The van der Waals surface area contributed by atoms with Crippen molar-refractivity contribution < 1.29 is 4.79 Å². The summed E-state index contributed by atoms with van der Waals surface area (Å²) in [6, 6.07) is 15.7. The van der Waals surface area contributed by atoms with Crippen LogP contribution in [0.1, 0.15) is 15.9 Å². The Hall–Kier alpha value is -2.93. The van der Waals surface area contributed by atoms with Crippen molar-refractivity contribution in [2.24, 2.45) is 0 Å². The van der Waals surface area contributed by atoms with Crippen molar-refractivity contribution in [1.82, 2.24) is 25.2 Å². The number of aryl methyl sites for hydroxylation is 1. The third-order valence-electron chi connectivity index (χ3n) is 3.91. The van der Waals surface area contributed by atoms with E-state index in [0.29, 0.717) is 10.7 Å². The van der Waals surface area contributed by atoms with E-state index in [4.69, 9.17) is 0 Å². The number of tetrazole rings is 1. The summed E-state index contributed by atoms with van der Waals surface area (Å²) in [5.41, 5.74) is 3.66. The van der Waals surface area contributed by atoms with Gasteiger partial charge in [0.2, 0.25) is 5.16 Å². The van der Waals surface area contributed by atoms with E-state index in [1.165, 1.54) is 11.8 Å². The number of carbonyl (C=O) groups excluding carboxylic acids is 1. The van der Waals surface area contributed by atoms with E-state index in [9.17, 15) is 4.79 Å². The van der Waals surface area contributed by atoms with Crippen LogP contribution in [0.3, 0.4) is 0 Å². The largest absolute Gasteiger partial charge is 0.360 e. The highest BCUT2D eigenvalue weighted by molar-refractivity contribution is 7.99. The van der Waals surface area contributed by atoms with Gasteiger partial charge in [-0.15, -0.1) is 5.10 Å². The number of nitrogens with zero attached hydrogens (tertiary/aromatic N) is 4. The molecule has 0 fully saturated rings. The lowest BCUT2D eigenvalue weighted by Crippen LogP contribution is -2.04. The average Bonchev–Trinajstić information content (AvgIpc) is 3.26. The van der Waals surface area contributed by atoms with Crippen LogP contribution >= 0.6 is 11.8 Å². The summed E-state index contributed by atoms with van der Waals surface area (Å²) in [6.07, 6.45) is 1.76. The van der Waals surface area contributed by atoms with Gasteiger partial charge in [0.1, 0.15) is 0 Å². The summed E-state index contributed by atoms with van der Waals surface area (Å²) < 4.78 is 1.65. The third kappa shape index (κ3) is 3.06. The number of aromatic nitrogens is 5. The molecule has 1 N–H and O–H groups in total. The molecule has 0 saturated carbocycles. The molecule has 0 spiro atoms. The smallest absolute Gasteiger partial charge is 0.214 e. The SMILES string of the molecule is Cc1cccc(-n2nnnc2SCC(=O)c2c[nH]c3ccccc23)c1. The van der Waals surface area contributed by atoms with Crippen molar-refractivity contribution in [2.75, 3.05) is 5.75 Å². The number of benzene rings is 2. The zero-order valence-electron chi connectivity index (χ0n) is 13.5. The Morgan fingerprint density at radius 1 is 1.20 bits per heavy atom. The molecule has 0 radical (unpaired) electrons. The molecule has 124 valence electrons. The van der Waals surface area contributed by atoms with Crippen LogP contribution in [-0.2, 0) is 0 Å². The zero-order chi connectivity index (χ0) is 17.2. The van der Waals surface area contributed by atoms with Gasteiger partial charge in [0.05, 0.1) is 11.4 Å². The number of nitrogens with one attached hydrogen (secondary N) is 1. The molecular formula is C18H15N5OS. The Labute approximate surface area is 148 Å². The van der Waals surface area contributed by atoms with Crippen LogP contribution in [0.25, 0.3) is 16.6 Å². The number of aromatic amines is 1. The maximum Gasteiger partial charge on any atom is 0.214 e. The maximum absolute atomic E-state index is 12.6. The van der Waals surface area contributed by atoms with Crippen LogP contribution in [0, 0.1) is 6.92 Å². The van der Waals surface area contributed by atoms with E-state index in [0.717, 1.165) is 22.2 Å². The molecule has 0 atom stereocenters. The molecule has 0 unspecified atom stereocenters. The van der Waals surface area contributed by atoms with Crippen molar-refractivity contribution in [1.29, 1.82) is 0 Å². The molecule has 25 heavy (non-hydrogen) atoms. The number of carbonyl (C=O) groups is 1. The second kappa shape index (κ2) is 6.52. The number of thioether (sulfide) groups is 1. The number of rotatable bonds is 5. The molecule has 0 amide bonds. The van der Waals surface area contributed by atoms with Crippen LogP contribution in [-0.4, -0.2) is 36.7 Å². The van der Waals surface area contributed by atoms with E-state index in [1.54, 1.807) is 10.9 Å². The quantitative estimate of drug-likeness (QED) is 0.441. The lowest BCUT2D eigenvalue weighted by atomic mass is 10.1. The first-order valence-electron chi connectivity index (χ1n) is 7.80. The van der Waals surface area contributed by atoms with Crippen molar-refractivity contribution >= 4 is 28.4 Å². The van der Waals surface area contributed by atoms with E-state index < -0.39 is 0 Å². The van der Waals surface area contributed by atoms with Gasteiger partial charge in [0, 0.05) is 22.7 Å². The first-order chi connectivity index (χ1) is 12.2. The monoisotopic (exact) mass is 349 g/mol. The molecule has 0 bridgehead atoms. The first kappa shape index (κ1) is 15.6. The molecule has 0 aliphatic heterocycles. The standard InChI is InChI=1S/C18H15N5OS/c1-12-5-4-6-13(9-12)23-18(20-21-22-23)25-11-17(24)15-10-19-16-8-3-2-7-14(15)16/h2-10,19H,11H2,1H3. The number of para-hydroxylation sites is 1. The normalized spacial score (nSPS) is 11.1. The summed E-state index contributed by atoms with van der Waals surface area (Å²) >= 11 is 1.33. The summed E-state index contributed by atoms with van der Waals surface area (Å²) in [6.45, 7) is 2.02. The second-order valence-electron chi connectivity index (χ2n) is 5.67. The molecule has 0 saturated heterocycles.